The molecule has 1 heterocycles. The molecule has 1 aromatic carbocycles. The van der Waals surface area contributed by atoms with E-state index in [0.717, 1.165) is 0 Å². The average molecular weight is 184 g/mol. The van der Waals surface area contributed by atoms with Crippen molar-refractivity contribution in [2.75, 3.05) is 20.3 Å². The number of ether oxygens (including phenoxy) is 3. The van der Waals surface area contributed by atoms with Crippen molar-refractivity contribution in [3.8, 4) is 17.2 Å². The Morgan fingerprint density at radius 2 is 2.08 bits per heavy atom. The minimum absolute atomic E-state index is 0.173. The standard InChI is InChI=1S/C9H9FO3/c1-11-6-4-7(10)9-8(5-6)12-2-3-13-9/h4-5H,2-3H2,1H3. The maximum Gasteiger partial charge on any atom is 0.197 e. The molecule has 13 heavy (non-hydrogen) atoms. The molecule has 0 atom stereocenters. The highest BCUT2D eigenvalue weighted by atomic mass is 19.1. The average Bonchev–Trinajstić information content (AvgIpc) is 2.18. The van der Waals surface area contributed by atoms with Crippen LogP contribution in [0.3, 0.4) is 0 Å². The molecule has 0 bridgehead atoms. The molecular weight excluding hydrogens is 175 g/mol. The Balaban J connectivity index is 2.47. The van der Waals surface area contributed by atoms with Gasteiger partial charge in [-0.1, -0.05) is 0 Å². The molecule has 0 radical (unpaired) electrons. The van der Waals surface area contributed by atoms with Gasteiger partial charge in [-0.2, -0.15) is 0 Å². The summed E-state index contributed by atoms with van der Waals surface area (Å²) >= 11 is 0. The lowest BCUT2D eigenvalue weighted by atomic mass is 10.2. The normalized spacial score (nSPS) is 14.0. The summed E-state index contributed by atoms with van der Waals surface area (Å²) in [4.78, 5) is 0. The molecule has 1 aliphatic rings. The predicted molar refractivity (Wildman–Crippen MR) is 43.9 cm³/mol. The van der Waals surface area contributed by atoms with E-state index in [4.69, 9.17) is 14.2 Å². The van der Waals surface area contributed by atoms with Crippen LogP contribution >= 0.6 is 0 Å². The molecule has 0 saturated carbocycles. The number of benzene rings is 1. The Labute approximate surface area is 75.0 Å². The van der Waals surface area contributed by atoms with Gasteiger partial charge in [0.05, 0.1) is 7.11 Å². The lowest BCUT2D eigenvalue weighted by Crippen LogP contribution is -2.16. The zero-order valence-electron chi connectivity index (χ0n) is 7.17. The highest BCUT2D eigenvalue weighted by Gasteiger charge is 2.17. The molecule has 4 heteroatoms. The monoisotopic (exact) mass is 184 g/mol. The fourth-order valence-corrected chi connectivity index (χ4v) is 1.21. The van der Waals surface area contributed by atoms with Crippen LogP contribution < -0.4 is 14.2 Å². The van der Waals surface area contributed by atoms with E-state index in [1.54, 1.807) is 6.07 Å². The van der Waals surface area contributed by atoms with Gasteiger partial charge in [0, 0.05) is 12.1 Å². The van der Waals surface area contributed by atoms with Crippen LogP contribution in [0, 0.1) is 5.82 Å². The van der Waals surface area contributed by atoms with Crippen molar-refractivity contribution in [2.24, 2.45) is 0 Å². The minimum Gasteiger partial charge on any atom is -0.497 e. The number of hydrogen-bond donors (Lipinski definition) is 0. The number of rotatable bonds is 1. The SMILES string of the molecule is COc1cc(F)c2c(c1)OCCO2. The summed E-state index contributed by atoms with van der Waals surface area (Å²) in [6, 6.07) is 2.88. The van der Waals surface area contributed by atoms with E-state index < -0.39 is 5.82 Å². The Bertz CT molecular complexity index is 325. The molecule has 0 unspecified atom stereocenters. The molecule has 3 nitrogen and oxygen atoms in total. The second kappa shape index (κ2) is 3.12. The molecule has 0 amide bonds. The zero-order valence-corrected chi connectivity index (χ0v) is 7.17. The summed E-state index contributed by atoms with van der Waals surface area (Å²) in [5.74, 6) is 0.561. The van der Waals surface area contributed by atoms with Crippen LogP contribution in [0.15, 0.2) is 12.1 Å². The Kier molecular flexibility index (Phi) is 1.96. The summed E-state index contributed by atoms with van der Waals surface area (Å²) in [5, 5.41) is 0. The molecule has 0 N–H and O–H groups in total. The number of hydrogen-bond acceptors (Lipinski definition) is 3. The summed E-state index contributed by atoms with van der Waals surface area (Å²) in [5.41, 5.74) is 0. The van der Waals surface area contributed by atoms with Gasteiger partial charge in [-0.15, -0.1) is 0 Å². The van der Waals surface area contributed by atoms with Gasteiger partial charge in [-0.25, -0.2) is 4.39 Å². The Morgan fingerprint density at radius 3 is 2.85 bits per heavy atom. The predicted octanol–water partition coefficient (Wildman–Crippen LogP) is 1.61. The molecular formula is C9H9FO3. The summed E-state index contributed by atoms with van der Waals surface area (Å²) in [6.45, 7) is 0.829. The maximum absolute atomic E-state index is 13.2. The molecule has 2 rings (SSSR count). The van der Waals surface area contributed by atoms with Crippen molar-refractivity contribution in [3.05, 3.63) is 17.9 Å². The van der Waals surface area contributed by atoms with Gasteiger partial charge in [-0.3, -0.25) is 0 Å². The van der Waals surface area contributed by atoms with E-state index >= 15 is 0 Å². The molecule has 1 aromatic rings. The van der Waals surface area contributed by atoms with Crippen LogP contribution in [0.25, 0.3) is 0 Å². The van der Waals surface area contributed by atoms with Gasteiger partial charge >= 0.3 is 0 Å². The van der Waals surface area contributed by atoms with Gasteiger partial charge in [0.15, 0.2) is 17.3 Å². The van der Waals surface area contributed by atoms with E-state index in [1.807, 2.05) is 0 Å². The Morgan fingerprint density at radius 1 is 1.31 bits per heavy atom. The van der Waals surface area contributed by atoms with Gasteiger partial charge in [0.1, 0.15) is 19.0 Å². The van der Waals surface area contributed by atoms with Crippen LogP contribution in [0.2, 0.25) is 0 Å². The molecule has 0 fully saturated rings. The summed E-state index contributed by atoms with van der Waals surface area (Å²) < 4.78 is 28.4. The van der Waals surface area contributed by atoms with Crippen LogP contribution in [0.4, 0.5) is 4.39 Å². The minimum atomic E-state index is -0.450. The first-order valence-corrected chi connectivity index (χ1v) is 3.94. The lowest BCUT2D eigenvalue weighted by molar-refractivity contribution is 0.163. The van der Waals surface area contributed by atoms with Crippen molar-refractivity contribution in [2.45, 2.75) is 0 Å². The van der Waals surface area contributed by atoms with Crippen LogP contribution in [-0.4, -0.2) is 20.3 Å². The van der Waals surface area contributed by atoms with E-state index in [9.17, 15) is 4.39 Å². The second-order valence-electron chi connectivity index (χ2n) is 2.63. The van der Waals surface area contributed by atoms with Crippen LogP contribution in [0.1, 0.15) is 0 Å². The van der Waals surface area contributed by atoms with Gasteiger partial charge in [0.2, 0.25) is 0 Å². The fraction of sp³-hybridized carbons (Fsp3) is 0.333. The van der Waals surface area contributed by atoms with Gasteiger partial charge in [0.25, 0.3) is 0 Å². The largest absolute Gasteiger partial charge is 0.497 e. The first kappa shape index (κ1) is 8.16. The van der Waals surface area contributed by atoms with Crippen LogP contribution in [0.5, 0.6) is 17.2 Å². The molecule has 0 aliphatic carbocycles. The first-order valence-electron chi connectivity index (χ1n) is 3.94. The van der Waals surface area contributed by atoms with Gasteiger partial charge < -0.3 is 14.2 Å². The first-order chi connectivity index (χ1) is 6.31. The molecule has 0 spiro atoms. The topological polar surface area (TPSA) is 27.7 Å². The van der Waals surface area contributed by atoms with Crippen molar-refractivity contribution >= 4 is 0 Å². The number of halogens is 1. The highest BCUT2D eigenvalue weighted by molar-refractivity contribution is 5.47. The second-order valence-corrected chi connectivity index (χ2v) is 2.63. The summed E-state index contributed by atoms with van der Waals surface area (Å²) in [6.07, 6.45) is 0. The fourth-order valence-electron chi connectivity index (χ4n) is 1.21. The quantitative estimate of drug-likeness (QED) is 0.663. The zero-order chi connectivity index (χ0) is 9.26. The van der Waals surface area contributed by atoms with Crippen LogP contribution in [-0.2, 0) is 0 Å². The number of fused-ring (bicyclic) bond motifs is 1. The lowest BCUT2D eigenvalue weighted by Gasteiger charge is -2.19. The van der Waals surface area contributed by atoms with Gasteiger partial charge in [-0.05, 0) is 0 Å². The summed E-state index contributed by atoms with van der Waals surface area (Å²) in [7, 11) is 1.48. The number of methoxy groups -OCH3 is 1. The third-order valence-corrected chi connectivity index (χ3v) is 1.81. The third-order valence-electron chi connectivity index (χ3n) is 1.81. The Hall–Kier alpha value is -1.45. The highest BCUT2D eigenvalue weighted by Crippen LogP contribution is 2.36. The van der Waals surface area contributed by atoms with Crippen molar-refractivity contribution in [3.63, 3.8) is 0 Å². The van der Waals surface area contributed by atoms with E-state index in [-0.39, 0.29) is 5.75 Å². The molecule has 0 saturated heterocycles. The molecule has 70 valence electrons. The van der Waals surface area contributed by atoms with E-state index in [0.29, 0.717) is 24.7 Å². The smallest absolute Gasteiger partial charge is 0.197 e. The molecule has 0 aromatic heterocycles. The molecule has 1 aliphatic heterocycles. The van der Waals surface area contributed by atoms with Crippen molar-refractivity contribution in [1.29, 1.82) is 0 Å². The van der Waals surface area contributed by atoms with E-state index in [1.165, 1.54) is 13.2 Å². The maximum atomic E-state index is 13.2. The van der Waals surface area contributed by atoms with Crippen molar-refractivity contribution < 1.29 is 18.6 Å². The third kappa shape index (κ3) is 1.39. The van der Waals surface area contributed by atoms with E-state index in [2.05, 4.69) is 0 Å². The van der Waals surface area contributed by atoms with Crippen molar-refractivity contribution in [1.82, 2.24) is 0 Å².